The molecule has 28 atom stereocenters. The molecule has 12 rings (SSSR count). The molecule has 794 valence electrons. The van der Waals surface area contributed by atoms with Gasteiger partial charge in [-0.1, -0.05) is 6.92 Å². The number of phosphoric ester groups is 2. The molecule has 6 aliphatic rings. The van der Waals surface area contributed by atoms with Crippen molar-refractivity contribution in [2.75, 3.05) is 152 Å². The Morgan fingerprint density at radius 1 is 0.359 bits per heavy atom. The zero-order chi connectivity index (χ0) is 104. The van der Waals surface area contributed by atoms with Crippen LogP contribution >= 0.6 is 35.8 Å². The number of hydrogen-bond acceptors (Lipinski definition) is 47. The molecule has 66 heteroatoms. The van der Waals surface area contributed by atoms with Crippen LogP contribution in [0.4, 0.5) is 17.5 Å². The molecule has 0 amide bonds. The highest BCUT2D eigenvalue weighted by molar-refractivity contribution is 8.07. The van der Waals surface area contributed by atoms with Crippen LogP contribution in [0.15, 0.2) is 80.3 Å². The number of nitrogens with two attached hydrogens (primary N) is 3. The van der Waals surface area contributed by atoms with E-state index >= 15 is 9.13 Å². The number of aliphatic hydroxyl groups is 1. The third kappa shape index (κ3) is 28.2. The predicted octanol–water partition coefficient (Wildman–Crippen LogP) is -2.43. The summed E-state index contributed by atoms with van der Waals surface area (Å²) in [5.74, 6) is -0.592. The van der Waals surface area contributed by atoms with Crippen LogP contribution in [0.1, 0.15) is 90.5 Å². The van der Waals surface area contributed by atoms with Crippen molar-refractivity contribution >= 4 is 88.7 Å². The second-order valence-corrected chi connectivity index (χ2v) is 44.1. The maximum atomic E-state index is 15.4. The number of aromatic nitrogens is 12. The summed E-state index contributed by atoms with van der Waals surface area (Å²) in [5, 5.41) is 11.8. The van der Waals surface area contributed by atoms with Gasteiger partial charge in [0.05, 0.1) is 111 Å². The monoisotopic (exact) mass is 2180 g/mol. The Hall–Kier alpha value is -6.79. The Morgan fingerprint density at radius 2 is 0.627 bits per heavy atom. The lowest BCUT2D eigenvalue weighted by molar-refractivity contribution is -0.0853. The predicted molar refractivity (Wildman–Crippen MR) is 497 cm³/mol. The Kier molecular flexibility index (Phi) is 39.8. The Bertz CT molecular complexity index is 6220. The van der Waals surface area contributed by atoms with Gasteiger partial charge in [0.1, 0.15) is 115 Å². The molecule has 0 bridgehead atoms. The van der Waals surface area contributed by atoms with Crippen LogP contribution in [0.25, 0.3) is 0 Å². The number of anilines is 3. The van der Waals surface area contributed by atoms with E-state index < -0.39 is 274 Å². The fourth-order valence-corrected chi connectivity index (χ4v) is 22.1. The summed E-state index contributed by atoms with van der Waals surface area (Å²) in [5.41, 5.74) is 10.5. The fourth-order valence-electron chi connectivity index (χ4n) is 15.8. The molecule has 11 unspecified atom stereocenters. The largest absolute Gasteiger partial charge is 0.472 e. The van der Waals surface area contributed by atoms with E-state index in [2.05, 4.69) is 29.9 Å². The van der Waals surface area contributed by atoms with Gasteiger partial charge in [0.2, 0.25) is 0 Å². The smallest absolute Gasteiger partial charge is 0.387 e. The molecule has 0 aliphatic carbocycles. The van der Waals surface area contributed by atoms with Crippen LogP contribution in [0.2, 0.25) is 0 Å². The maximum Gasteiger partial charge on any atom is 0.472 e. The summed E-state index contributed by atoms with van der Waals surface area (Å²) in [6.45, 7) is -11.8. The molecule has 58 nitrogen and oxygen atoms in total. The van der Waals surface area contributed by atoms with Gasteiger partial charge in [0.25, 0.3) is 16.7 Å². The number of methoxy groups -OCH3 is 5. The second kappa shape index (κ2) is 49.6. The average Bonchev–Trinajstić information content (AvgIpc) is 1.62. The Balaban J connectivity index is 0.844. The number of nitrogens with zero attached hydrogens (tertiary/aromatic N) is 9. The van der Waals surface area contributed by atoms with Crippen LogP contribution in [0, 0.1) is 41.5 Å². The molecular formula is C76H114N15O43P5S3. The van der Waals surface area contributed by atoms with Gasteiger partial charge >= 0.3 is 69.9 Å². The molecule has 142 heavy (non-hydrogen) atoms. The van der Waals surface area contributed by atoms with Crippen molar-refractivity contribution in [2.45, 2.75) is 202 Å². The maximum absolute atomic E-state index is 15.4. The summed E-state index contributed by atoms with van der Waals surface area (Å²) >= 11 is 16.9. The van der Waals surface area contributed by atoms with Crippen molar-refractivity contribution in [1.29, 1.82) is 0 Å². The van der Waals surface area contributed by atoms with Gasteiger partial charge in [-0.15, -0.1) is 0 Å². The minimum atomic E-state index is -5.96. The lowest BCUT2D eigenvalue weighted by Gasteiger charge is -2.30. The van der Waals surface area contributed by atoms with Crippen LogP contribution in [-0.2, 0) is 166 Å². The van der Waals surface area contributed by atoms with Gasteiger partial charge in [0.15, 0.2) is 31.1 Å². The number of aromatic amines is 3. The zero-order valence-electron chi connectivity index (χ0n) is 78.3. The third-order valence-corrected chi connectivity index (χ3v) is 29.6. The highest BCUT2D eigenvalue weighted by Gasteiger charge is 2.58. The molecule has 6 saturated heterocycles. The standard InChI is InChI=1S/C76H114N15O43P5S3/c1-13-42-43(24-49(124-42)86-28-39(5)63(93)83-74(86)99)130-137(106,140)122-34-47-52(57(116-21-16-111-10)68(128-47)90-29-40(6)64(94)84-75(90)100)132-135(102,103)119-32-45-51(56(115-20-15-110-9)67(126-45)88-26-37(3)61(78)81-72(88)97)131-136(104,105)120-33-46-53(58(117-22-17-112-11)69(127-46)89-27-38(4)62(79)82-73(89)98)133-139(108,142)123-35-48-54(59(118-23-18-113-12)70(129-48)91-30-41(7)65(95)85-76(91)101)134-138(107,141)121-31-44-50(92)55(114-19-14-109-8)66(125-44)87-25-36(2)60(77)80-71(87)96/h25-30,42-59,66-70,92H,13-24,31-35H2,1-12H3,(H,102,103)(H,104,105)(H,106,140)(H,107,141)(H,108,142)(H2,77,80,96)(H2,78,81,97)(H2,79,82,98)(H,83,93,99)(H,84,94,100)(H,85,95,101)/t42-,43?,44-,45-,46-,47-,48-,49-,50?,51?,52?,53?,54?,55+,56+,57+,58+,59+,66-,67-,68-,69-,70-,137?,138?,139?/m1/s1. The third-order valence-electron chi connectivity index (χ3n) is 23.0. The lowest BCUT2D eigenvalue weighted by Crippen LogP contribution is -2.42. The fraction of sp³-hybridized carbons (Fsp3) is 0.684. The second-order valence-electron chi connectivity index (χ2n) is 32.9. The number of ether oxygens (including phenoxy) is 16. The first kappa shape index (κ1) is 114. The quantitative estimate of drug-likeness (QED) is 0.0140. The SMILES string of the molecule is CC[C@H]1O[C@@H](n2cc(C)c(=O)[nH]c2=O)CC1OP(O)(=S)OC[C@H]1O[C@@H](n2cc(C)c(=O)[nH]c2=O)[C@@H](OCCOC)C1OP(=O)(O)OC[C@H]1O[C@@H](n2cc(C)c(N)nc2=O)[C@@H](OCCOC)C1OP(=O)(O)OC[C@H]1O[C@@H](n2cc(C)c(N)nc2=O)[C@@H](OCCOC)C1OP(O)(=S)OC[C@H]1O[C@@H](n2cc(C)c(=O)[nH]c2=O)[C@@H](OCCOC)C1OP(O)(=S)OC[C@H]1O[C@@H](n2cc(C)c(N)nc2=O)[C@@H](OCCOC)C1O. The van der Waals surface area contributed by atoms with E-state index in [0.29, 0.717) is 5.56 Å². The minimum Gasteiger partial charge on any atom is -0.387 e. The first-order chi connectivity index (χ1) is 67.1. The first-order valence-electron chi connectivity index (χ1n) is 43.6. The topological polar surface area (TPSA) is 743 Å². The van der Waals surface area contributed by atoms with Crippen LogP contribution < -0.4 is 68.0 Å². The molecule has 0 spiro atoms. The van der Waals surface area contributed by atoms with Crippen molar-refractivity contribution in [3.05, 3.63) is 165 Å². The molecule has 0 radical (unpaired) electrons. The van der Waals surface area contributed by atoms with E-state index in [0.717, 1.165) is 46.0 Å². The summed E-state index contributed by atoms with van der Waals surface area (Å²) in [7, 11) is -5.22. The molecule has 6 aromatic heterocycles. The van der Waals surface area contributed by atoms with E-state index in [1.165, 1.54) is 88.8 Å². The molecule has 0 saturated carbocycles. The van der Waals surface area contributed by atoms with Crippen molar-refractivity contribution in [3.63, 3.8) is 0 Å². The highest BCUT2D eigenvalue weighted by atomic mass is 32.5. The van der Waals surface area contributed by atoms with E-state index in [1.54, 1.807) is 13.8 Å². The molecule has 0 aromatic carbocycles. The number of aliphatic hydroxyl groups excluding tert-OH is 1. The number of rotatable bonds is 52. The molecule has 6 aromatic rings. The van der Waals surface area contributed by atoms with Crippen LogP contribution in [0.3, 0.4) is 0 Å². The van der Waals surface area contributed by atoms with Crippen molar-refractivity contribution in [2.24, 2.45) is 0 Å². The van der Waals surface area contributed by atoms with Gasteiger partial charge in [0, 0.05) is 113 Å². The number of hydrogen-bond donors (Lipinski definition) is 12. The van der Waals surface area contributed by atoms with Gasteiger partial charge in [-0.05, 0) is 83.4 Å². The Morgan fingerprint density at radius 3 is 0.958 bits per heavy atom. The summed E-state index contributed by atoms with van der Waals surface area (Å²) in [6.07, 6.45) is -31.0. The average molecular weight is 2180 g/mol. The number of nitrogens with one attached hydrogen (secondary N) is 3. The van der Waals surface area contributed by atoms with Crippen molar-refractivity contribution in [1.82, 2.24) is 57.3 Å². The number of nitrogen functional groups attached to an aromatic ring is 3. The molecule has 6 aliphatic heterocycles. The van der Waals surface area contributed by atoms with E-state index in [9.17, 15) is 72.7 Å². The molecular weight excluding hydrogens is 2060 g/mol. The number of phosphoric acid groups is 2. The molecule has 6 fully saturated rings. The summed E-state index contributed by atoms with van der Waals surface area (Å²) in [6, 6.07) is 0. The first-order valence-corrected chi connectivity index (χ1v) is 54.3. The van der Waals surface area contributed by atoms with E-state index in [4.69, 9.17) is 174 Å². The lowest BCUT2D eigenvalue weighted by atomic mass is 10.1. The molecule has 15 N–H and O–H groups in total. The normalized spacial score (nSPS) is 29.4. The Labute approximate surface area is 820 Å². The van der Waals surface area contributed by atoms with Gasteiger partial charge < -0.3 is 141 Å². The summed E-state index contributed by atoms with van der Waals surface area (Å²) < 4.78 is 191. The van der Waals surface area contributed by atoms with Crippen molar-refractivity contribution in [3.8, 4) is 0 Å². The zero-order valence-corrected chi connectivity index (χ0v) is 85.2. The van der Waals surface area contributed by atoms with Gasteiger partial charge in [-0.25, -0.2) is 37.9 Å². The molecule has 12 heterocycles. The number of aryl methyl sites for hydroxylation is 6. The summed E-state index contributed by atoms with van der Waals surface area (Å²) in [4.78, 5) is 200. The van der Waals surface area contributed by atoms with Crippen LogP contribution in [-0.4, -0.2) is 325 Å². The van der Waals surface area contributed by atoms with E-state index in [-0.39, 0.29) is 111 Å². The number of H-pyrrole nitrogens is 3. The highest BCUT2D eigenvalue weighted by Crippen LogP contribution is 2.58. The van der Waals surface area contributed by atoms with Crippen LogP contribution in [0.5, 0.6) is 0 Å². The van der Waals surface area contributed by atoms with E-state index in [1.807, 2.05) is 0 Å². The van der Waals surface area contributed by atoms with Gasteiger partial charge in [-0.3, -0.25) is 83.9 Å². The van der Waals surface area contributed by atoms with Gasteiger partial charge in [-0.2, -0.15) is 15.0 Å². The minimum absolute atomic E-state index is 0.0262. The van der Waals surface area contributed by atoms with Crippen molar-refractivity contribution < 1.29 is 160 Å².